The zero-order chi connectivity index (χ0) is 39.7. The smallest absolute Gasteiger partial charge is 0.338 e. The molecule has 3 aliphatic carbocycles. The number of urea groups is 1. The van der Waals surface area contributed by atoms with Gasteiger partial charge in [0, 0.05) is 37.3 Å². The van der Waals surface area contributed by atoms with E-state index in [4.69, 9.17) is 23.4 Å². The summed E-state index contributed by atoms with van der Waals surface area (Å²) in [5, 5.41) is 63.2. The number of hydrogen-bond acceptors (Lipinski definition) is 14. The zero-order valence-corrected chi connectivity index (χ0v) is 31.0. The van der Waals surface area contributed by atoms with Crippen LogP contribution in [0.2, 0.25) is 0 Å². The maximum atomic E-state index is 14.7. The first kappa shape index (κ1) is 39.1. The quantitative estimate of drug-likeness (QED) is 0.169. The van der Waals surface area contributed by atoms with E-state index in [9.17, 15) is 44.7 Å². The minimum Gasteiger partial charge on any atom is -0.467 e. The summed E-state index contributed by atoms with van der Waals surface area (Å²) < 4.78 is 28.6. The Kier molecular flexibility index (Phi) is 10.0. The fraction of sp³-hybridized carbons (Fsp3) is 0.590. The summed E-state index contributed by atoms with van der Waals surface area (Å²) in [6, 6.07) is 8.85. The number of furan rings is 1. The average Bonchev–Trinajstić information content (AvgIpc) is 3.71. The fourth-order valence-electron chi connectivity index (χ4n) is 9.49. The molecule has 55 heavy (non-hydrogen) atoms. The Bertz CT molecular complexity index is 1840. The van der Waals surface area contributed by atoms with Crippen LogP contribution in [-0.4, -0.2) is 135 Å². The van der Waals surface area contributed by atoms with Gasteiger partial charge >= 0.3 is 18.0 Å². The van der Waals surface area contributed by atoms with Crippen molar-refractivity contribution in [2.45, 2.75) is 94.4 Å². The van der Waals surface area contributed by atoms with E-state index in [1.165, 1.54) is 49.3 Å². The Labute approximate surface area is 317 Å². The number of aliphatic hydroxyl groups excluding tert-OH is 3. The second-order valence-corrected chi connectivity index (χ2v) is 16.0. The molecule has 3 heterocycles. The number of carbonyl (C=O) groups excluding carboxylic acids is 4. The van der Waals surface area contributed by atoms with E-state index in [0.717, 1.165) is 0 Å². The van der Waals surface area contributed by atoms with E-state index in [1.807, 2.05) is 0 Å². The van der Waals surface area contributed by atoms with Gasteiger partial charge < -0.3 is 59.1 Å². The number of nitrogens with one attached hydrogen (secondary N) is 1. The number of ketones is 1. The summed E-state index contributed by atoms with van der Waals surface area (Å²) in [7, 11) is 0. The number of Topliss-reactive ketones (excluding diaryl/α,β-unsaturated/α-hetero) is 1. The van der Waals surface area contributed by atoms with Gasteiger partial charge in [-0.2, -0.15) is 0 Å². The molecule has 6 N–H and O–H groups in total. The molecule has 2 aliphatic heterocycles. The summed E-state index contributed by atoms with van der Waals surface area (Å²) in [6.07, 6.45) is -9.09. The summed E-state index contributed by atoms with van der Waals surface area (Å²) in [6.45, 7) is 6.82. The van der Waals surface area contributed by atoms with Gasteiger partial charge in [-0.15, -0.1) is 0 Å². The highest BCUT2D eigenvalue weighted by atomic mass is 16.6. The van der Waals surface area contributed by atoms with Crippen molar-refractivity contribution in [2.75, 3.05) is 32.9 Å². The molecule has 4 fully saturated rings. The van der Waals surface area contributed by atoms with Crippen LogP contribution in [0.25, 0.3) is 0 Å². The lowest BCUT2D eigenvalue weighted by molar-refractivity contribution is -0.343. The number of hydrogen-bond donors (Lipinski definition) is 6. The molecule has 2 saturated heterocycles. The lowest BCUT2D eigenvalue weighted by Gasteiger charge is -2.66. The van der Waals surface area contributed by atoms with E-state index in [-0.39, 0.29) is 48.6 Å². The van der Waals surface area contributed by atoms with Gasteiger partial charge in [0.05, 0.1) is 49.3 Å². The second-order valence-electron chi connectivity index (χ2n) is 16.0. The van der Waals surface area contributed by atoms with Crippen molar-refractivity contribution in [3.8, 4) is 0 Å². The molecule has 2 bridgehead atoms. The van der Waals surface area contributed by atoms with Crippen LogP contribution in [0.5, 0.6) is 0 Å². The highest BCUT2D eigenvalue weighted by molar-refractivity contribution is 5.94. The van der Waals surface area contributed by atoms with Crippen molar-refractivity contribution < 1.29 is 68.1 Å². The van der Waals surface area contributed by atoms with Crippen molar-refractivity contribution in [3.05, 3.63) is 71.2 Å². The lowest BCUT2D eigenvalue weighted by atomic mass is 9.44. The number of morpholine rings is 1. The predicted octanol–water partition coefficient (Wildman–Crippen LogP) is 0.799. The van der Waals surface area contributed by atoms with Crippen molar-refractivity contribution >= 4 is 23.8 Å². The Hall–Kier alpha value is -4.16. The molecular weight excluding hydrogens is 720 g/mol. The maximum Gasteiger partial charge on any atom is 0.338 e. The number of nitrogens with zero attached hydrogens (tertiary/aromatic N) is 1. The van der Waals surface area contributed by atoms with Crippen LogP contribution in [-0.2, 0) is 28.5 Å². The molecule has 2 aromatic rings. The van der Waals surface area contributed by atoms with Crippen molar-refractivity contribution in [1.29, 1.82) is 0 Å². The number of carbonyl (C=O) groups is 4. The number of amides is 2. The van der Waals surface area contributed by atoms with Crippen molar-refractivity contribution in [1.82, 2.24) is 10.2 Å². The van der Waals surface area contributed by atoms with Gasteiger partial charge in [-0.25, -0.2) is 14.4 Å². The maximum absolute atomic E-state index is 14.7. The van der Waals surface area contributed by atoms with E-state index in [0.29, 0.717) is 13.2 Å². The average molecular weight is 769 g/mol. The third kappa shape index (κ3) is 6.09. The molecule has 7 rings (SSSR count). The number of fused-ring (bicyclic) bond motifs is 5. The molecule has 1 aromatic carbocycles. The van der Waals surface area contributed by atoms with Crippen molar-refractivity contribution in [3.63, 3.8) is 0 Å². The Morgan fingerprint density at radius 2 is 1.69 bits per heavy atom. The van der Waals surface area contributed by atoms with Crippen LogP contribution in [0.4, 0.5) is 4.79 Å². The molecule has 9 unspecified atom stereocenters. The van der Waals surface area contributed by atoms with Gasteiger partial charge in [0.15, 0.2) is 11.9 Å². The van der Waals surface area contributed by atoms with E-state index in [1.54, 1.807) is 32.0 Å². The van der Waals surface area contributed by atoms with Crippen LogP contribution >= 0.6 is 0 Å². The van der Waals surface area contributed by atoms with Crippen LogP contribution in [0.1, 0.15) is 62.7 Å². The monoisotopic (exact) mass is 768 g/mol. The Morgan fingerprint density at radius 3 is 2.31 bits per heavy atom. The number of ether oxygens (including phenoxy) is 4. The minimum atomic E-state index is -2.31. The molecule has 5 aliphatic rings. The highest BCUT2D eigenvalue weighted by Gasteiger charge is 2.76. The predicted molar refractivity (Wildman–Crippen MR) is 188 cm³/mol. The van der Waals surface area contributed by atoms with E-state index in [2.05, 4.69) is 5.32 Å². The molecule has 11 atom stereocenters. The summed E-state index contributed by atoms with van der Waals surface area (Å²) in [5.41, 5.74) is -7.56. The van der Waals surface area contributed by atoms with Crippen LogP contribution in [0.15, 0.2) is 64.3 Å². The van der Waals surface area contributed by atoms with Gasteiger partial charge in [0.25, 0.3) is 0 Å². The largest absolute Gasteiger partial charge is 0.467 e. The molecule has 16 heteroatoms. The third-order valence-corrected chi connectivity index (χ3v) is 12.9. The first-order valence-electron chi connectivity index (χ1n) is 18.5. The van der Waals surface area contributed by atoms with E-state index < -0.39 is 101 Å². The normalized spacial score (nSPS) is 36.5. The number of benzene rings is 1. The number of esters is 2. The number of rotatable bonds is 7. The van der Waals surface area contributed by atoms with Gasteiger partial charge in [-0.1, -0.05) is 32.0 Å². The number of aliphatic hydroxyl groups is 5. The topological polar surface area (TPSA) is 235 Å². The first-order valence-corrected chi connectivity index (χ1v) is 18.5. The molecule has 0 spiro atoms. The van der Waals surface area contributed by atoms with Crippen LogP contribution < -0.4 is 5.32 Å². The second kappa shape index (κ2) is 14.1. The standard InChI is InChI=1S/C39H48N2O14/c1-20-23(54-34(47)29(44)27(22-11-8-14-52-22)40-35(48)41-12-15-51-16-13-41)18-39(50)32(55-33(46)21-9-6-5-7-10-21)30-37(4,24(42)17-25-38(30,49)19-53-25)31(45)28(43)26(20)36(39,2)3/h5-11,14,23-25,27-30,32,42-44,49-50H,12-13,15-19H2,1-4H3,(H,40,48)/t23?,24?,25?,27?,28?,29?,30?,32?,37-,38+,39?/m1/s1. The Morgan fingerprint density at radius 1 is 1.00 bits per heavy atom. The molecule has 1 aromatic heterocycles. The molecule has 16 nitrogen and oxygen atoms in total. The van der Waals surface area contributed by atoms with Crippen LogP contribution in [0, 0.1) is 16.7 Å². The minimum absolute atomic E-state index is 0.0456. The molecular formula is C39H48N2O14. The first-order chi connectivity index (χ1) is 26.0. The zero-order valence-electron chi connectivity index (χ0n) is 31.0. The van der Waals surface area contributed by atoms with Gasteiger partial charge in [0.1, 0.15) is 41.3 Å². The molecule has 298 valence electrons. The molecule has 2 saturated carbocycles. The van der Waals surface area contributed by atoms with Gasteiger partial charge in [-0.05, 0) is 49.3 Å². The highest BCUT2D eigenvalue weighted by Crippen LogP contribution is 2.63. The van der Waals surface area contributed by atoms with Gasteiger partial charge in [-0.3, -0.25) is 4.79 Å². The summed E-state index contributed by atoms with van der Waals surface area (Å²) in [5.74, 6) is -4.52. The lowest BCUT2D eigenvalue weighted by Crippen LogP contribution is -2.81. The van der Waals surface area contributed by atoms with Crippen LogP contribution in [0.3, 0.4) is 0 Å². The molecule has 2 amide bonds. The summed E-state index contributed by atoms with van der Waals surface area (Å²) in [4.78, 5) is 57.2. The fourth-order valence-corrected chi connectivity index (χ4v) is 9.49. The van der Waals surface area contributed by atoms with E-state index >= 15 is 0 Å². The van der Waals surface area contributed by atoms with Crippen molar-refractivity contribution in [2.24, 2.45) is 16.7 Å². The molecule has 0 radical (unpaired) electrons. The SMILES string of the molecule is CC1=C2C(O)C(=O)[C@]3(C)C(O)CC4OC[C@@]4(O)C3C(OC(=O)c3ccccc3)C(O)(CC1OC(=O)C(O)C(NC(=O)N1CCOCC1)c1ccco1)C2(C)C. The summed E-state index contributed by atoms with van der Waals surface area (Å²) >= 11 is 0. The Balaban J connectivity index is 1.29. The van der Waals surface area contributed by atoms with Gasteiger partial charge in [0.2, 0.25) is 0 Å². The third-order valence-electron chi connectivity index (χ3n) is 12.9.